The van der Waals surface area contributed by atoms with Gasteiger partial charge in [0.2, 0.25) is 0 Å². The first kappa shape index (κ1) is 13.6. The highest BCUT2D eigenvalue weighted by Crippen LogP contribution is 2.30. The van der Waals surface area contributed by atoms with E-state index >= 15 is 0 Å². The Balaban J connectivity index is 2.56. The zero-order valence-corrected chi connectivity index (χ0v) is 10.7. The lowest BCUT2D eigenvalue weighted by atomic mass is 9.85. The van der Waals surface area contributed by atoms with Gasteiger partial charge in [0.15, 0.2) is 17.5 Å². The van der Waals surface area contributed by atoms with E-state index in [1.807, 2.05) is 19.1 Å². The van der Waals surface area contributed by atoms with Gasteiger partial charge in [-0.3, -0.25) is 0 Å². The third-order valence-corrected chi connectivity index (χ3v) is 3.25. The fourth-order valence-corrected chi connectivity index (χ4v) is 1.98. The monoisotopic (exact) mass is 265 g/mol. The molecule has 1 atom stereocenters. The first-order valence-corrected chi connectivity index (χ1v) is 5.84. The summed E-state index contributed by atoms with van der Waals surface area (Å²) in [5, 5.41) is 0. The van der Waals surface area contributed by atoms with E-state index < -0.39 is 23.0 Å². The second-order valence-corrected chi connectivity index (χ2v) is 4.79. The maximum absolute atomic E-state index is 13.8. The van der Waals surface area contributed by atoms with Crippen molar-refractivity contribution in [3.05, 3.63) is 70.5 Å². The molecule has 2 aromatic carbocycles. The van der Waals surface area contributed by atoms with E-state index in [-0.39, 0.29) is 5.56 Å². The maximum Gasteiger partial charge on any atom is 0.194 e. The summed E-state index contributed by atoms with van der Waals surface area (Å²) in [6.45, 7) is 3.48. The summed E-state index contributed by atoms with van der Waals surface area (Å²) in [7, 11) is 0. The second kappa shape index (κ2) is 4.70. The highest BCUT2D eigenvalue weighted by molar-refractivity contribution is 5.39. The average Bonchev–Trinajstić information content (AvgIpc) is 2.36. The third-order valence-electron chi connectivity index (χ3n) is 3.25. The normalized spacial score (nSPS) is 14.2. The van der Waals surface area contributed by atoms with Gasteiger partial charge >= 0.3 is 0 Å². The van der Waals surface area contributed by atoms with Gasteiger partial charge in [0.1, 0.15) is 0 Å². The van der Waals surface area contributed by atoms with Crippen molar-refractivity contribution in [1.29, 1.82) is 0 Å². The summed E-state index contributed by atoms with van der Waals surface area (Å²) in [5.41, 5.74) is 6.46. The van der Waals surface area contributed by atoms with Crippen LogP contribution in [0, 0.1) is 24.4 Å². The molecule has 2 N–H and O–H groups in total. The van der Waals surface area contributed by atoms with Gasteiger partial charge in [0.25, 0.3) is 0 Å². The lowest BCUT2D eigenvalue weighted by Crippen LogP contribution is -2.35. The number of hydrogen-bond acceptors (Lipinski definition) is 1. The molecule has 0 amide bonds. The van der Waals surface area contributed by atoms with Crippen LogP contribution in [0.2, 0.25) is 0 Å². The zero-order chi connectivity index (χ0) is 14.2. The minimum atomic E-state index is -1.50. The van der Waals surface area contributed by atoms with Crippen molar-refractivity contribution in [3.63, 3.8) is 0 Å². The first-order chi connectivity index (χ1) is 8.84. The Hall–Kier alpha value is -1.81. The maximum atomic E-state index is 13.8. The fourth-order valence-electron chi connectivity index (χ4n) is 1.98. The fraction of sp³-hybridized carbons (Fsp3) is 0.200. The van der Waals surface area contributed by atoms with Crippen LogP contribution in [0.3, 0.4) is 0 Å². The van der Waals surface area contributed by atoms with E-state index in [2.05, 4.69) is 0 Å². The summed E-state index contributed by atoms with van der Waals surface area (Å²) < 4.78 is 40.1. The summed E-state index contributed by atoms with van der Waals surface area (Å²) in [4.78, 5) is 0. The zero-order valence-electron chi connectivity index (χ0n) is 10.7. The molecule has 0 bridgehead atoms. The van der Waals surface area contributed by atoms with E-state index in [1.54, 1.807) is 19.1 Å². The smallest absolute Gasteiger partial charge is 0.194 e. The molecule has 19 heavy (non-hydrogen) atoms. The Labute approximate surface area is 109 Å². The Kier molecular flexibility index (Phi) is 3.37. The number of hydrogen-bond donors (Lipinski definition) is 1. The number of benzene rings is 2. The largest absolute Gasteiger partial charge is 0.318 e. The average molecular weight is 265 g/mol. The van der Waals surface area contributed by atoms with Gasteiger partial charge in [-0.05, 0) is 25.5 Å². The van der Waals surface area contributed by atoms with Gasteiger partial charge in [-0.2, -0.15) is 0 Å². The Morgan fingerprint density at radius 2 is 1.47 bits per heavy atom. The summed E-state index contributed by atoms with van der Waals surface area (Å²) in [5.74, 6) is -3.96. The van der Waals surface area contributed by atoms with Gasteiger partial charge in [-0.25, -0.2) is 13.2 Å². The van der Waals surface area contributed by atoms with Crippen LogP contribution in [0.15, 0.2) is 36.4 Å². The predicted octanol–water partition coefficient (Wildman–Crippen LogP) is 3.63. The number of rotatable bonds is 2. The van der Waals surface area contributed by atoms with Gasteiger partial charge in [-0.15, -0.1) is 0 Å². The van der Waals surface area contributed by atoms with Crippen molar-refractivity contribution >= 4 is 0 Å². The molecule has 0 spiro atoms. The van der Waals surface area contributed by atoms with Gasteiger partial charge in [0, 0.05) is 5.56 Å². The number of nitrogens with two attached hydrogens (primary N) is 1. The molecule has 0 heterocycles. The topological polar surface area (TPSA) is 26.0 Å². The number of halogens is 3. The minimum Gasteiger partial charge on any atom is -0.318 e. The van der Waals surface area contributed by atoms with E-state index in [1.165, 1.54) is 6.07 Å². The highest BCUT2D eigenvalue weighted by Gasteiger charge is 2.29. The molecule has 0 aromatic heterocycles. The molecule has 1 nitrogen and oxygen atoms in total. The third kappa shape index (κ3) is 2.36. The second-order valence-electron chi connectivity index (χ2n) is 4.79. The Bertz CT molecular complexity index is 604. The lowest BCUT2D eigenvalue weighted by Gasteiger charge is -2.26. The van der Waals surface area contributed by atoms with Crippen LogP contribution in [-0.2, 0) is 5.54 Å². The molecule has 0 fully saturated rings. The summed E-state index contributed by atoms with van der Waals surface area (Å²) >= 11 is 0. The molecule has 4 heteroatoms. The quantitative estimate of drug-likeness (QED) is 0.824. The lowest BCUT2D eigenvalue weighted by molar-refractivity contribution is 0.425. The minimum absolute atomic E-state index is 0.0738. The van der Waals surface area contributed by atoms with Crippen LogP contribution in [0.5, 0.6) is 0 Å². The molecule has 2 rings (SSSR count). The molecular weight excluding hydrogens is 251 g/mol. The first-order valence-electron chi connectivity index (χ1n) is 5.84. The Morgan fingerprint density at radius 3 is 2.05 bits per heavy atom. The molecule has 0 saturated carbocycles. The van der Waals surface area contributed by atoms with Crippen LogP contribution in [0.25, 0.3) is 0 Å². The molecule has 0 aliphatic carbocycles. The standard InChI is InChI=1S/C15H14F3N/c1-9-3-5-10(6-4-9)15(2,19)11-7-8-12(16)14(18)13(11)17/h3-8H,19H2,1-2H3. The van der Waals surface area contributed by atoms with Crippen molar-refractivity contribution < 1.29 is 13.2 Å². The van der Waals surface area contributed by atoms with Crippen LogP contribution < -0.4 is 5.73 Å². The highest BCUT2D eigenvalue weighted by atomic mass is 19.2. The van der Waals surface area contributed by atoms with Crippen molar-refractivity contribution in [3.8, 4) is 0 Å². The summed E-state index contributed by atoms with van der Waals surface area (Å²) in [6, 6.07) is 9.21. The van der Waals surface area contributed by atoms with E-state index in [9.17, 15) is 13.2 Å². The van der Waals surface area contributed by atoms with E-state index in [0.717, 1.165) is 11.6 Å². The van der Waals surface area contributed by atoms with Crippen LogP contribution in [0.4, 0.5) is 13.2 Å². The summed E-state index contributed by atoms with van der Waals surface area (Å²) in [6.07, 6.45) is 0. The van der Waals surface area contributed by atoms with Crippen molar-refractivity contribution in [2.45, 2.75) is 19.4 Å². The molecule has 2 aromatic rings. The van der Waals surface area contributed by atoms with E-state index in [4.69, 9.17) is 5.73 Å². The molecule has 0 radical (unpaired) electrons. The molecule has 0 aliphatic heterocycles. The van der Waals surface area contributed by atoms with Crippen molar-refractivity contribution in [2.75, 3.05) is 0 Å². The Morgan fingerprint density at radius 1 is 0.895 bits per heavy atom. The predicted molar refractivity (Wildman–Crippen MR) is 68.1 cm³/mol. The van der Waals surface area contributed by atoms with Gasteiger partial charge in [-0.1, -0.05) is 35.9 Å². The number of aryl methyl sites for hydroxylation is 1. The van der Waals surface area contributed by atoms with Crippen molar-refractivity contribution in [1.82, 2.24) is 0 Å². The van der Waals surface area contributed by atoms with Crippen LogP contribution in [-0.4, -0.2) is 0 Å². The van der Waals surface area contributed by atoms with Gasteiger partial charge < -0.3 is 5.73 Å². The van der Waals surface area contributed by atoms with Crippen molar-refractivity contribution in [2.24, 2.45) is 5.73 Å². The molecule has 100 valence electrons. The van der Waals surface area contributed by atoms with Crippen LogP contribution >= 0.6 is 0 Å². The molecular formula is C15H14F3N. The van der Waals surface area contributed by atoms with E-state index in [0.29, 0.717) is 5.56 Å². The molecule has 0 saturated heterocycles. The van der Waals surface area contributed by atoms with Crippen LogP contribution in [0.1, 0.15) is 23.6 Å². The molecule has 1 unspecified atom stereocenters. The van der Waals surface area contributed by atoms with Gasteiger partial charge in [0.05, 0.1) is 5.54 Å². The SMILES string of the molecule is Cc1ccc(C(C)(N)c2ccc(F)c(F)c2F)cc1. The molecule has 0 aliphatic rings.